The van der Waals surface area contributed by atoms with Gasteiger partial charge in [-0.05, 0) is 36.4 Å². The zero-order valence-electron chi connectivity index (χ0n) is 14.7. The molecule has 4 rings (SSSR count). The molecule has 1 fully saturated rings. The van der Waals surface area contributed by atoms with Crippen molar-refractivity contribution in [1.82, 2.24) is 14.5 Å². The van der Waals surface area contributed by atoms with Gasteiger partial charge in [0.05, 0.1) is 6.04 Å². The van der Waals surface area contributed by atoms with Crippen LogP contribution in [0.2, 0.25) is 0 Å². The predicted molar refractivity (Wildman–Crippen MR) is 104 cm³/mol. The summed E-state index contributed by atoms with van der Waals surface area (Å²) < 4.78 is 53.7. The number of carbonyl (C=O) groups is 1. The van der Waals surface area contributed by atoms with E-state index in [4.69, 9.17) is 0 Å². The second kappa shape index (κ2) is 7.86. The number of halogens is 2. The maximum absolute atomic E-state index is 13.3. The second-order valence-electron chi connectivity index (χ2n) is 6.23. The van der Waals surface area contributed by atoms with Crippen LogP contribution < -0.4 is 5.32 Å². The first-order valence-electron chi connectivity index (χ1n) is 8.51. The molecule has 29 heavy (non-hydrogen) atoms. The molecule has 2 aromatic heterocycles. The molecular formula is C17H14F2N4O3S3. The van der Waals surface area contributed by atoms with Gasteiger partial charge in [0.15, 0.2) is 11.6 Å². The van der Waals surface area contributed by atoms with Gasteiger partial charge in [-0.2, -0.15) is 4.31 Å². The summed E-state index contributed by atoms with van der Waals surface area (Å²) >= 11 is 2.12. The van der Waals surface area contributed by atoms with Crippen molar-refractivity contribution in [1.29, 1.82) is 0 Å². The molecule has 1 saturated heterocycles. The number of amides is 1. The van der Waals surface area contributed by atoms with Crippen LogP contribution in [0.25, 0.3) is 0 Å². The van der Waals surface area contributed by atoms with Crippen molar-refractivity contribution < 1.29 is 22.0 Å². The van der Waals surface area contributed by atoms with E-state index in [0.717, 1.165) is 34.8 Å². The van der Waals surface area contributed by atoms with E-state index in [1.165, 1.54) is 10.4 Å². The molecule has 3 heterocycles. The molecule has 7 nitrogen and oxygen atoms in total. The molecule has 3 aromatic rings. The number of carbonyl (C=O) groups excluding carboxylic acids is 1. The fourth-order valence-electron chi connectivity index (χ4n) is 3.02. The normalized spacial score (nSPS) is 17.5. The Morgan fingerprint density at radius 2 is 2.03 bits per heavy atom. The van der Waals surface area contributed by atoms with E-state index in [9.17, 15) is 22.0 Å². The summed E-state index contributed by atoms with van der Waals surface area (Å²) in [5.74, 6) is -2.74. The van der Waals surface area contributed by atoms with Gasteiger partial charge in [-0.25, -0.2) is 17.2 Å². The first kappa shape index (κ1) is 20.0. The van der Waals surface area contributed by atoms with Gasteiger partial charge in [-0.3, -0.25) is 4.79 Å². The number of benzene rings is 1. The zero-order valence-corrected chi connectivity index (χ0v) is 17.2. The lowest BCUT2D eigenvalue weighted by atomic mass is 10.2. The van der Waals surface area contributed by atoms with Crippen LogP contribution in [-0.2, 0) is 10.0 Å². The summed E-state index contributed by atoms with van der Waals surface area (Å²) in [5, 5.41) is 12.4. The van der Waals surface area contributed by atoms with Gasteiger partial charge in [0.2, 0.25) is 5.01 Å². The highest BCUT2D eigenvalue weighted by molar-refractivity contribution is 7.91. The highest BCUT2D eigenvalue weighted by Gasteiger charge is 2.38. The summed E-state index contributed by atoms with van der Waals surface area (Å²) in [6.45, 7) is 0.362. The summed E-state index contributed by atoms with van der Waals surface area (Å²) in [4.78, 5) is 12.4. The van der Waals surface area contributed by atoms with Crippen LogP contribution >= 0.6 is 22.7 Å². The Labute approximate surface area is 173 Å². The molecule has 0 aliphatic carbocycles. The number of aromatic nitrogens is 2. The number of anilines is 1. The molecular weight excluding hydrogens is 442 g/mol. The molecule has 1 amide bonds. The predicted octanol–water partition coefficient (Wildman–Crippen LogP) is 3.66. The lowest BCUT2D eigenvalue weighted by Crippen LogP contribution is -2.30. The first-order chi connectivity index (χ1) is 13.9. The lowest BCUT2D eigenvalue weighted by molar-refractivity contribution is 0.102. The Morgan fingerprint density at radius 1 is 1.21 bits per heavy atom. The molecule has 1 N–H and O–H groups in total. The first-order valence-corrected chi connectivity index (χ1v) is 11.6. The molecule has 1 atom stereocenters. The third kappa shape index (κ3) is 3.92. The van der Waals surface area contributed by atoms with Gasteiger partial charge in [-0.15, -0.1) is 21.5 Å². The maximum Gasteiger partial charge on any atom is 0.286 e. The largest absolute Gasteiger partial charge is 0.320 e. The summed E-state index contributed by atoms with van der Waals surface area (Å²) in [7, 11) is -3.65. The molecule has 0 spiro atoms. The monoisotopic (exact) mass is 456 g/mol. The van der Waals surface area contributed by atoms with Crippen LogP contribution in [0, 0.1) is 11.6 Å². The lowest BCUT2D eigenvalue weighted by Gasteiger charge is -2.21. The highest BCUT2D eigenvalue weighted by Crippen LogP contribution is 2.38. The van der Waals surface area contributed by atoms with Crippen molar-refractivity contribution in [2.24, 2.45) is 0 Å². The van der Waals surface area contributed by atoms with Gasteiger partial charge >= 0.3 is 0 Å². The van der Waals surface area contributed by atoms with E-state index in [1.807, 2.05) is 0 Å². The molecule has 0 bridgehead atoms. The van der Waals surface area contributed by atoms with Crippen molar-refractivity contribution in [3.63, 3.8) is 0 Å². The zero-order chi connectivity index (χ0) is 20.6. The number of nitrogens with one attached hydrogen (secondary N) is 1. The van der Waals surface area contributed by atoms with Gasteiger partial charge in [0.25, 0.3) is 15.9 Å². The van der Waals surface area contributed by atoms with Gasteiger partial charge in [0, 0.05) is 18.3 Å². The Kier molecular flexibility index (Phi) is 5.42. The summed E-state index contributed by atoms with van der Waals surface area (Å²) in [5.41, 5.74) is 0.0772. The van der Waals surface area contributed by atoms with E-state index in [-0.39, 0.29) is 14.9 Å². The minimum absolute atomic E-state index is 0.00473. The van der Waals surface area contributed by atoms with Crippen molar-refractivity contribution in [3.05, 3.63) is 57.4 Å². The van der Waals surface area contributed by atoms with Gasteiger partial charge in [0.1, 0.15) is 9.22 Å². The van der Waals surface area contributed by atoms with E-state index >= 15 is 0 Å². The average Bonchev–Trinajstić information content (AvgIpc) is 3.45. The topological polar surface area (TPSA) is 92.3 Å². The van der Waals surface area contributed by atoms with Crippen LogP contribution in [0.3, 0.4) is 0 Å². The van der Waals surface area contributed by atoms with E-state index in [1.54, 1.807) is 17.5 Å². The minimum Gasteiger partial charge on any atom is -0.320 e. The number of nitrogens with zero attached hydrogens (tertiary/aromatic N) is 3. The van der Waals surface area contributed by atoms with Crippen LogP contribution in [0.15, 0.2) is 39.9 Å². The fourth-order valence-corrected chi connectivity index (χ4v) is 6.75. The quantitative estimate of drug-likeness (QED) is 0.633. The Hall–Kier alpha value is -2.28. The second-order valence-corrected chi connectivity index (χ2v) is 10.3. The Balaban J connectivity index is 1.53. The van der Waals surface area contributed by atoms with Gasteiger partial charge < -0.3 is 5.32 Å². The van der Waals surface area contributed by atoms with E-state index in [2.05, 4.69) is 15.5 Å². The van der Waals surface area contributed by atoms with Crippen molar-refractivity contribution >= 4 is 44.3 Å². The van der Waals surface area contributed by atoms with Crippen LogP contribution in [0.5, 0.6) is 0 Å². The molecule has 0 saturated carbocycles. The Morgan fingerprint density at radius 3 is 2.76 bits per heavy atom. The number of hydrogen-bond acceptors (Lipinski definition) is 7. The average molecular weight is 457 g/mol. The van der Waals surface area contributed by atoms with Crippen LogP contribution in [0.1, 0.15) is 33.7 Å². The van der Waals surface area contributed by atoms with Crippen LogP contribution in [-0.4, -0.2) is 35.4 Å². The van der Waals surface area contributed by atoms with Crippen molar-refractivity contribution in [2.45, 2.75) is 23.1 Å². The molecule has 1 aromatic carbocycles. The third-order valence-corrected chi connectivity index (χ3v) is 8.66. The van der Waals surface area contributed by atoms with Crippen molar-refractivity contribution in [2.75, 3.05) is 11.9 Å². The standard InChI is InChI=1S/C17H14F2N4O3S3/c18-11-6-5-10(9-12(11)19)20-15(24)17-22-21-16(28-17)13-3-1-7-23(13)29(25,26)14-4-2-8-27-14/h2,4-6,8-9,13H,1,3,7H2,(H,20,24)/t13-/m1/s1. The number of sulfonamides is 1. The van der Waals surface area contributed by atoms with Crippen LogP contribution in [0.4, 0.5) is 14.5 Å². The van der Waals surface area contributed by atoms with Crippen molar-refractivity contribution in [3.8, 4) is 0 Å². The Bertz CT molecular complexity index is 1150. The summed E-state index contributed by atoms with van der Waals surface area (Å²) in [6.07, 6.45) is 1.25. The molecule has 12 heteroatoms. The summed E-state index contributed by atoms with van der Waals surface area (Å²) in [6, 6.07) is 5.73. The molecule has 1 aliphatic rings. The number of rotatable bonds is 5. The molecule has 0 radical (unpaired) electrons. The maximum atomic E-state index is 13.3. The third-order valence-electron chi connectivity index (χ3n) is 4.36. The van der Waals surface area contributed by atoms with Gasteiger partial charge in [-0.1, -0.05) is 17.4 Å². The molecule has 1 aliphatic heterocycles. The number of hydrogen-bond donors (Lipinski definition) is 1. The number of thiophene rings is 1. The van der Waals surface area contributed by atoms with E-state index < -0.39 is 33.6 Å². The molecule has 152 valence electrons. The fraction of sp³-hybridized carbons (Fsp3) is 0.235. The smallest absolute Gasteiger partial charge is 0.286 e. The minimum atomic E-state index is -3.65. The van der Waals surface area contributed by atoms with E-state index in [0.29, 0.717) is 24.4 Å². The highest BCUT2D eigenvalue weighted by atomic mass is 32.2. The SMILES string of the molecule is O=C(Nc1ccc(F)c(F)c1)c1nnc([C@H]2CCCN2S(=O)(=O)c2cccs2)s1. The molecule has 0 unspecified atom stereocenters.